The summed E-state index contributed by atoms with van der Waals surface area (Å²) in [5.41, 5.74) is -7.60. The van der Waals surface area contributed by atoms with Crippen LogP contribution < -0.4 is 0 Å². The number of hydrogen-bond donors (Lipinski definition) is 5. The summed E-state index contributed by atoms with van der Waals surface area (Å²) >= 11 is 0. The van der Waals surface area contributed by atoms with Crippen molar-refractivity contribution in [1.82, 2.24) is 0 Å². The molecule has 21 heteroatoms. The minimum absolute atomic E-state index is 0.0120. The van der Waals surface area contributed by atoms with Crippen LogP contribution in [-0.2, 0) is 61.4 Å². The van der Waals surface area contributed by atoms with Gasteiger partial charge in [0.1, 0.15) is 47.8 Å². The molecule has 8 fully saturated rings. The Labute approximate surface area is 561 Å². The molecule has 0 unspecified atom stereocenters. The maximum Gasteiger partial charge on any atom is 0.338 e. The summed E-state index contributed by atoms with van der Waals surface area (Å²) in [6.07, 6.45) is -8.82. The second-order valence-electron chi connectivity index (χ2n) is 31.6. The average molecular weight is 1340 g/mol. The van der Waals surface area contributed by atoms with Crippen LogP contribution in [0.4, 0.5) is 0 Å². The van der Waals surface area contributed by atoms with Crippen molar-refractivity contribution in [2.24, 2.45) is 33.5 Å². The van der Waals surface area contributed by atoms with E-state index in [9.17, 15) is 44.7 Å². The van der Waals surface area contributed by atoms with Crippen molar-refractivity contribution in [3.05, 3.63) is 94.1 Å². The van der Waals surface area contributed by atoms with Crippen LogP contribution in [0.2, 0.25) is 18.1 Å². The van der Waals surface area contributed by atoms with Gasteiger partial charge in [-0.3, -0.25) is 9.59 Å². The van der Waals surface area contributed by atoms with E-state index in [4.69, 9.17) is 51.8 Å². The van der Waals surface area contributed by atoms with Gasteiger partial charge in [-0.2, -0.15) is 0 Å². The molecule has 0 radical (unpaired) electrons. The first-order valence-corrected chi connectivity index (χ1v) is 37.5. The van der Waals surface area contributed by atoms with Crippen LogP contribution >= 0.6 is 0 Å². The molecule has 4 saturated carbocycles. The SMILES string of the molecule is CCCC(=O)O[C@@]12CO[C@@H]1C[C@H](O)[C@@]1(C)[C@@H]3OC(C)(C)O[C@@H]3C3=C(C)[C@@H](O)C[C@@](O)([C@@H](OC(=O)c4ccccc4)[C@H]21)C3(C)C.CCCC(=O)O[C@@]12CO[C@@H]1C[C@H](O[Si](CC)(CC)CC)[C@@]1(C)[C@@H]3OC(C)(C)O[C@@H]3C3=C(C)[C@@H](O)C[C@@](O)([C@@H](OC(=O)c4ccccc4)[C@H]21)C3(C)C. The standard InChI is InChI=1S/C40H60O10Si.C34H46O10/c1-11-18-29(42)47-39-23-45-28(39)21-27(50-51(12-2,13-3)14-4)38(10)32(39)34(46-35(43)25-19-16-15-17-20-25)40(44)22-26(41)24(5)30(36(40,6)7)31-33(38)49-37(8,9)48-31;1-8-12-23(37)42-33-17-40-22(33)15-21(36)32(7)26(33)28(41-29(38)19-13-10-9-11-14-19)34(39)16-20(35)18(2)24(30(34,3)4)25-27(32)44-31(5,6)43-25/h15-17,19-20,26-28,31-34,41,44H,11-14,18,21-23H2,1-10H3;9-11,13-14,20-22,25-28,35-36,39H,8,12,15-17H2,1-7H3/t26-,27-,28+,31+,32-,33+,34-,38+,39-,40+;20-,21-,22+,25+,26-,27+,28-,32+,33-,34+/m00/s1. The maximum absolute atomic E-state index is 14.3. The van der Waals surface area contributed by atoms with Gasteiger partial charge in [-0.05, 0) is 119 Å². The first kappa shape index (κ1) is 71.8. The van der Waals surface area contributed by atoms with E-state index < -0.39 is 167 Å². The van der Waals surface area contributed by atoms with Gasteiger partial charge in [-0.1, -0.05) is 113 Å². The molecule has 95 heavy (non-hydrogen) atoms. The van der Waals surface area contributed by atoms with Crippen LogP contribution in [0.1, 0.15) is 190 Å². The monoisotopic (exact) mass is 1340 g/mol. The van der Waals surface area contributed by atoms with Crippen LogP contribution in [0.5, 0.6) is 0 Å². The lowest BCUT2D eigenvalue weighted by molar-refractivity contribution is -0.363. The van der Waals surface area contributed by atoms with Gasteiger partial charge in [0, 0.05) is 60.2 Å². The smallest absolute Gasteiger partial charge is 0.338 e. The van der Waals surface area contributed by atoms with Crippen molar-refractivity contribution < 1.29 is 96.5 Å². The molecule has 4 aliphatic heterocycles. The Kier molecular flexibility index (Phi) is 18.9. The van der Waals surface area contributed by atoms with Gasteiger partial charge in [-0.25, -0.2) is 9.59 Å². The van der Waals surface area contributed by atoms with Gasteiger partial charge in [0.05, 0.1) is 72.8 Å². The zero-order chi connectivity index (χ0) is 69.4. The predicted octanol–water partition coefficient (Wildman–Crippen LogP) is 9.93. The summed E-state index contributed by atoms with van der Waals surface area (Å²) in [7, 11) is -2.32. The number of aliphatic hydroxyl groups is 5. The molecule has 0 amide bonds. The number of rotatable bonds is 15. The Morgan fingerprint density at radius 3 is 1.28 bits per heavy atom. The van der Waals surface area contributed by atoms with E-state index >= 15 is 0 Å². The van der Waals surface area contributed by atoms with Crippen molar-refractivity contribution in [1.29, 1.82) is 0 Å². The van der Waals surface area contributed by atoms with E-state index in [0.717, 1.165) is 23.7 Å². The predicted molar refractivity (Wildman–Crippen MR) is 350 cm³/mol. The van der Waals surface area contributed by atoms with Crippen LogP contribution in [0, 0.1) is 33.5 Å². The molecule has 526 valence electrons. The van der Waals surface area contributed by atoms with Crippen LogP contribution in [0.3, 0.4) is 0 Å². The lowest BCUT2D eigenvalue weighted by Gasteiger charge is -2.69. The van der Waals surface area contributed by atoms with Crippen molar-refractivity contribution in [3.63, 3.8) is 0 Å². The third-order valence-electron chi connectivity index (χ3n) is 25.0. The highest BCUT2D eigenvalue weighted by molar-refractivity contribution is 6.73. The summed E-state index contributed by atoms with van der Waals surface area (Å²) in [6.45, 7) is 33.0. The minimum Gasteiger partial charge on any atom is -0.455 e. The first-order valence-electron chi connectivity index (χ1n) is 34.9. The summed E-state index contributed by atoms with van der Waals surface area (Å²) in [5.74, 6) is -6.16. The average Bonchev–Trinajstić information content (AvgIpc) is 1.61. The fourth-order valence-corrected chi connectivity index (χ4v) is 22.4. The van der Waals surface area contributed by atoms with Gasteiger partial charge in [0.2, 0.25) is 0 Å². The van der Waals surface area contributed by atoms with Gasteiger partial charge in [0.25, 0.3) is 0 Å². The fraction of sp³-hybridized carbons (Fsp3) is 0.730. The number of ether oxygens (including phenoxy) is 10. The Balaban J connectivity index is 0.000000195. The highest BCUT2D eigenvalue weighted by Crippen LogP contribution is 2.70. The molecule has 2 aromatic carbocycles. The second kappa shape index (κ2) is 25.0. The van der Waals surface area contributed by atoms with Gasteiger partial charge in [-0.15, -0.1) is 0 Å². The van der Waals surface area contributed by atoms with Crippen LogP contribution in [0.15, 0.2) is 83.0 Å². The highest BCUT2D eigenvalue weighted by Gasteiger charge is 2.82. The van der Waals surface area contributed by atoms with Crippen molar-refractivity contribution in [2.75, 3.05) is 13.2 Å². The van der Waals surface area contributed by atoms with Crippen molar-refractivity contribution in [3.8, 4) is 0 Å². The lowest BCUT2D eigenvalue weighted by atomic mass is 9.44. The molecule has 2 aromatic rings. The number of carbonyl (C=O) groups excluding carboxylic acids is 4. The molecule has 6 aliphatic carbocycles. The normalized spacial score (nSPS) is 41.2. The Bertz CT molecular complexity index is 3300. The van der Waals surface area contributed by atoms with E-state index in [1.807, 2.05) is 82.2 Å². The Hall–Kier alpha value is -4.46. The van der Waals surface area contributed by atoms with E-state index in [1.54, 1.807) is 68.4 Å². The largest absolute Gasteiger partial charge is 0.455 e. The minimum atomic E-state index is -2.32. The Morgan fingerprint density at radius 2 is 0.916 bits per heavy atom. The zero-order valence-corrected chi connectivity index (χ0v) is 59.9. The molecule has 4 saturated heterocycles. The Morgan fingerprint density at radius 1 is 0.537 bits per heavy atom. The number of esters is 4. The third-order valence-corrected chi connectivity index (χ3v) is 29.7. The molecule has 20 atom stereocenters. The number of aliphatic hydroxyl groups excluding tert-OH is 3. The first-order chi connectivity index (χ1) is 44.4. The number of carbonyl (C=O) groups is 4. The lowest BCUT2D eigenvalue weighted by Crippen LogP contribution is -2.82. The summed E-state index contributed by atoms with van der Waals surface area (Å²) in [4.78, 5) is 55.3. The highest BCUT2D eigenvalue weighted by atomic mass is 28.4. The number of hydrogen-bond acceptors (Lipinski definition) is 20. The topological polar surface area (TPSA) is 271 Å². The molecule has 4 bridgehead atoms. The molecule has 4 heterocycles. The van der Waals surface area contributed by atoms with Crippen LogP contribution in [-0.4, -0.2) is 178 Å². The summed E-state index contributed by atoms with van der Waals surface area (Å²) < 4.78 is 73.2. The molecule has 20 nitrogen and oxygen atoms in total. The molecule has 0 spiro atoms. The fourth-order valence-electron chi connectivity index (χ4n) is 19.4. The van der Waals surface area contributed by atoms with Gasteiger partial charge in [0.15, 0.2) is 31.1 Å². The van der Waals surface area contributed by atoms with Crippen molar-refractivity contribution in [2.45, 2.75) is 294 Å². The summed E-state index contributed by atoms with van der Waals surface area (Å²) in [6, 6.07) is 19.9. The van der Waals surface area contributed by atoms with E-state index in [-0.39, 0.29) is 56.9 Å². The second-order valence-corrected chi connectivity index (χ2v) is 36.3. The quantitative estimate of drug-likeness (QED) is 0.0480. The molecule has 5 N–H and O–H groups in total. The van der Waals surface area contributed by atoms with Gasteiger partial charge < -0.3 is 77.3 Å². The summed E-state index contributed by atoms with van der Waals surface area (Å²) in [5, 5.41) is 62.1. The third kappa shape index (κ3) is 11.0. The number of benzene rings is 2. The molecule has 0 aromatic heterocycles. The molecule has 12 rings (SSSR count). The van der Waals surface area contributed by atoms with Crippen molar-refractivity contribution >= 4 is 32.2 Å². The zero-order valence-electron chi connectivity index (χ0n) is 58.9. The molecular weight excluding hydrogens is 1240 g/mol. The maximum atomic E-state index is 14.3. The van der Waals surface area contributed by atoms with E-state index in [0.29, 0.717) is 41.5 Å². The van der Waals surface area contributed by atoms with E-state index in [1.165, 1.54) is 0 Å². The molecular formula is C74H106O20Si. The van der Waals surface area contributed by atoms with Gasteiger partial charge >= 0.3 is 23.9 Å². The van der Waals surface area contributed by atoms with Crippen LogP contribution in [0.25, 0.3) is 0 Å². The van der Waals surface area contributed by atoms with E-state index in [2.05, 4.69) is 27.7 Å². The molecule has 10 aliphatic rings. The number of fused-ring (bicyclic) bond motifs is 16.